The van der Waals surface area contributed by atoms with Gasteiger partial charge >= 0.3 is 0 Å². The van der Waals surface area contributed by atoms with Gasteiger partial charge in [0.15, 0.2) is 11.6 Å². The Morgan fingerprint density at radius 2 is 1.76 bits per heavy atom. The zero-order valence-corrected chi connectivity index (χ0v) is 17.9. The first kappa shape index (κ1) is 21.0. The number of halogens is 2. The monoisotopic (exact) mass is 465 g/mol. The fraction of sp³-hybridized carbons (Fsp3) is 0.0833. The van der Waals surface area contributed by atoms with Gasteiger partial charge in [0.2, 0.25) is 10.0 Å². The van der Waals surface area contributed by atoms with Crippen molar-refractivity contribution in [1.29, 1.82) is 0 Å². The van der Waals surface area contributed by atoms with Crippen molar-refractivity contribution in [3.8, 4) is 11.3 Å². The molecule has 5 rings (SSSR count). The highest BCUT2D eigenvalue weighted by atomic mass is 32.2. The molecule has 0 atom stereocenters. The van der Waals surface area contributed by atoms with E-state index >= 15 is 0 Å². The van der Waals surface area contributed by atoms with Gasteiger partial charge in [-0.05, 0) is 41.8 Å². The molecule has 0 aliphatic carbocycles. The maximum atomic E-state index is 14.7. The number of nitrogens with zero attached hydrogens (tertiary/aromatic N) is 2. The van der Waals surface area contributed by atoms with Gasteiger partial charge in [-0.2, -0.15) is 0 Å². The number of hydrogen-bond donors (Lipinski definition) is 1. The van der Waals surface area contributed by atoms with Crippen molar-refractivity contribution in [3.05, 3.63) is 90.1 Å². The summed E-state index contributed by atoms with van der Waals surface area (Å²) in [6.45, 7) is 0.397. The number of rotatable bonds is 4. The van der Waals surface area contributed by atoms with Gasteiger partial charge in [-0.3, -0.25) is 14.1 Å². The number of anilines is 2. The number of fused-ring (bicyclic) bond motifs is 1. The molecule has 0 bridgehead atoms. The zero-order valence-electron chi connectivity index (χ0n) is 17.1. The molecule has 9 heteroatoms. The molecule has 0 saturated carbocycles. The first-order valence-corrected chi connectivity index (χ1v) is 11.7. The molecule has 166 valence electrons. The molecule has 1 N–H and O–H groups in total. The van der Waals surface area contributed by atoms with Crippen LogP contribution in [0.3, 0.4) is 0 Å². The normalized spacial score (nSPS) is 14.7. The summed E-state index contributed by atoms with van der Waals surface area (Å²) in [6.07, 6.45) is 1.51. The second-order valence-electron chi connectivity index (χ2n) is 7.59. The van der Waals surface area contributed by atoms with Gasteiger partial charge in [-0.1, -0.05) is 24.3 Å². The van der Waals surface area contributed by atoms with Crippen LogP contribution in [0.2, 0.25) is 0 Å². The second-order valence-corrected chi connectivity index (χ2v) is 9.60. The fourth-order valence-electron chi connectivity index (χ4n) is 3.77. The first-order chi connectivity index (χ1) is 15.8. The predicted octanol–water partition coefficient (Wildman–Crippen LogP) is 4.58. The van der Waals surface area contributed by atoms with Gasteiger partial charge in [0.05, 0.1) is 17.1 Å². The maximum Gasteiger partial charge on any atom is 0.255 e. The van der Waals surface area contributed by atoms with Crippen LogP contribution in [0.25, 0.3) is 22.0 Å². The topological polar surface area (TPSA) is 79.4 Å². The lowest BCUT2D eigenvalue weighted by molar-refractivity contribution is 0.102. The Labute approximate surface area is 188 Å². The SMILES string of the molecule is O=C(Nc1cc(F)c(F)c(-c2nccc3ccccc23)c1)c1ccc(N2CCS2(=O)=O)cc1. The van der Waals surface area contributed by atoms with Crippen LogP contribution < -0.4 is 9.62 Å². The number of nitrogens with one attached hydrogen (secondary N) is 1. The number of sulfonamides is 1. The third kappa shape index (κ3) is 3.80. The number of carbonyl (C=O) groups is 1. The largest absolute Gasteiger partial charge is 0.322 e. The Balaban J connectivity index is 1.45. The number of hydrogen-bond acceptors (Lipinski definition) is 4. The van der Waals surface area contributed by atoms with Gasteiger partial charge < -0.3 is 5.32 Å². The quantitative estimate of drug-likeness (QED) is 0.479. The highest BCUT2D eigenvalue weighted by molar-refractivity contribution is 7.94. The minimum absolute atomic E-state index is 0.0676. The van der Waals surface area contributed by atoms with Crippen LogP contribution in [-0.2, 0) is 10.0 Å². The molecule has 1 amide bonds. The van der Waals surface area contributed by atoms with Gasteiger partial charge in [0.1, 0.15) is 0 Å². The van der Waals surface area contributed by atoms with Crippen LogP contribution in [0.4, 0.5) is 20.2 Å². The number of benzene rings is 3. The van der Waals surface area contributed by atoms with Crippen molar-refractivity contribution in [2.75, 3.05) is 21.9 Å². The molecule has 1 fully saturated rings. The molecule has 3 aromatic carbocycles. The molecule has 0 unspecified atom stereocenters. The van der Waals surface area contributed by atoms with E-state index in [4.69, 9.17) is 0 Å². The minimum Gasteiger partial charge on any atom is -0.322 e. The molecule has 0 radical (unpaired) electrons. The lowest BCUT2D eigenvalue weighted by Crippen LogP contribution is -2.47. The highest BCUT2D eigenvalue weighted by Crippen LogP contribution is 2.32. The number of pyridine rings is 1. The van der Waals surface area contributed by atoms with Crippen molar-refractivity contribution < 1.29 is 22.0 Å². The standard InChI is InChI=1S/C24H17F2N3O3S/c25-21-14-17(13-20(22(21)26)23-19-4-2-1-3-15(19)9-10-27-23)28-24(30)16-5-7-18(8-6-16)29-11-12-33(29,31)32/h1-10,13-14H,11-12H2,(H,28,30). The lowest BCUT2D eigenvalue weighted by Gasteiger charge is -2.32. The van der Waals surface area contributed by atoms with Crippen molar-refractivity contribution >= 4 is 38.1 Å². The fourth-order valence-corrected chi connectivity index (χ4v) is 4.88. The summed E-state index contributed by atoms with van der Waals surface area (Å²) in [5, 5.41) is 4.04. The predicted molar refractivity (Wildman–Crippen MR) is 123 cm³/mol. The molecule has 1 aliphatic rings. The van der Waals surface area contributed by atoms with E-state index in [9.17, 15) is 22.0 Å². The van der Waals surface area contributed by atoms with Crippen LogP contribution in [0.15, 0.2) is 72.9 Å². The molecule has 1 saturated heterocycles. The van der Waals surface area contributed by atoms with E-state index < -0.39 is 27.6 Å². The molecule has 0 spiro atoms. The van der Waals surface area contributed by atoms with Gasteiger partial charge in [0.25, 0.3) is 5.91 Å². The molecular weight excluding hydrogens is 448 g/mol. The van der Waals surface area contributed by atoms with E-state index in [0.29, 0.717) is 17.6 Å². The zero-order chi connectivity index (χ0) is 23.2. The van der Waals surface area contributed by atoms with E-state index in [0.717, 1.165) is 11.5 Å². The summed E-state index contributed by atoms with van der Waals surface area (Å²) >= 11 is 0. The van der Waals surface area contributed by atoms with Crippen LogP contribution >= 0.6 is 0 Å². The Hall–Kier alpha value is -3.85. The van der Waals surface area contributed by atoms with E-state index in [2.05, 4.69) is 10.3 Å². The van der Waals surface area contributed by atoms with E-state index in [-0.39, 0.29) is 28.3 Å². The summed E-state index contributed by atoms with van der Waals surface area (Å²) in [6, 6.07) is 17.3. The van der Waals surface area contributed by atoms with Gasteiger partial charge in [0, 0.05) is 41.0 Å². The average Bonchev–Trinajstić information content (AvgIpc) is 2.81. The van der Waals surface area contributed by atoms with Crippen molar-refractivity contribution in [2.24, 2.45) is 0 Å². The molecule has 1 aliphatic heterocycles. The van der Waals surface area contributed by atoms with E-state index in [1.807, 2.05) is 12.1 Å². The van der Waals surface area contributed by atoms with E-state index in [1.54, 1.807) is 18.2 Å². The summed E-state index contributed by atoms with van der Waals surface area (Å²) in [5.41, 5.74) is 0.973. The van der Waals surface area contributed by atoms with Crippen LogP contribution in [-0.4, -0.2) is 31.6 Å². The molecular formula is C24H17F2N3O3S. The second kappa shape index (κ2) is 7.93. The van der Waals surface area contributed by atoms with Crippen molar-refractivity contribution in [2.45, 2.75) is 0 Å². The number of aromatic nitrogens is 1. The molecule has 1 aromatic heterocycles. The molecule has 2 heterocycles. The molecule has 4 aromatic rings. The summed E-state index contributed by atoms with van der Waals surface area (Å²) in [7, 11) is -3.26. The lowest BCUT2D eigenvalue weighted by atomic mass is 10.0. The molecule has 33 heavy (non-hydrogen) atoms. The van der Waals surface area contributed by atoms with Crippen LogP contribution in [0.5, 0.6) is 0 Å². The molecule has 6 nitrogen and oxygen atoms in total. The third-order valence-electron chi connectivity index (χ3n) is 5.52. The number of carbonyl (C=O) groups excluding carboxylic acids is 1. The Morgan fingerprint density at radius 3 is 2.45 bits per heavy atom. The highest BCUT2D eigenvalue weighted by Gasteiger charge is 2.32. The third-order valence-corrected chi connectivity index (χ3v) is 7.28. The summed E-state index contributed by atoms with van der Waals surface area (Å²) in [5.74, 6) is -2.62. The summed E-state index contributed by atoms with van der Waals surface area (Å²) in [4.78, 5) is 16.9. The van der Waals surface area contributed by atoms with E-state index in [1.165, 1.54) is 40.8 Å². The van der Waals surface area contributed by atoms with Crippen LogP contribution in [0, 0.1) is 11.6 Å². The Bertz CT molecular complexity index is 1500. The Kier molecular flexibility index (Phi) is 5.05. The smallest absolute Gasteiger partial charge is 0.255 e. The van der Waals surface area contributed by atoms with Crippen molar-refractivity contribution in [1.82, 2.24) is 4.98 Å². The summed E-state index contributed by atoms with van der Waals surface area (Å²) < 4.78 is 53.9. The van der Waals surface area contributed by atoms with Gasteiger partial charge in [-0.15, -0.1) is 0 Å². The minimum atomic E-state index is -3.26. The van der Waals surface area contributed by atoms with Gasteiger partial charge in [-0.25, -0.2) is 17.2 Å². The Morgan fingerprint density at radius 1 is 1.00 bits per heavy atom. The average molecular weight is 465 g/mol. The first-order valence-electron chi connectivity index (χ1n) is 10.1. The van der Waals surface area contributed by atoms with Crippen LogP contribution in [0.1, 0.15) is 10.4 Å². The number of amides is 1. The maximum absolute atomic E-state index is 14.7. The van der Waals surface area contributed by atoms with Crippen molar-refractivity contribution in [3.63, 3.8) is 0 Å².